The second-order valence-electron chi connectivity index (χ2n) is 8.45. The fourth-order valence-corrected chi connectivity index (χ4v) is 4.89. The molecule has 3 nitrogen and oxygen atoms in total. The first-order valence-electron chi connectivity index (χ1n) is 11.4. The van der Waals surface area contributed by atoms with E-state index in [9.17, 15) is 10.5 Å². The van der Waals surface area contributed by atoms with Crippen LogP contribution in [0.4, 0.5) is 0 Å². The maximum Gasteiger partial charge on any atom is 0.0998 e. The Morgan fingerprint density at radius 1 is 0.486 bits per heavy atom. The van der Waals surface area contributed by atoms with Crippen LogP contribution < -0.4 is 0 Å². The van der Waals surface area contributed by atoms with Crippen LogP contribution in [-0.4, -0.2) is 4.57 Å². The first-order chi connectivity index (χ1) is 17.3. The highest BCUT2D eigenvalue weighted by Crippen LogP contribution is 2.38. The summed E-state index contributed by atoms with van der Waals surface area (Å²) in [6, 6.07) is 43.3. The van der Waals surface area contributed by atoms with E-state index in [4.69, 9.17) is 0 Å². The SMILES string of the molecule is N#Cc1cccc(C#N)c1-c1ccc2c3cc(-c4ccccc4)ccc3n(-c3ccccc3)c2c1. The van der Waals surface area contributed by atoms with Crippen LogP contribution in [0.3, 0.4) is 0 Å². The average molecular weight is 446 g/mol. The van der Waals surface area contributed by atoms with E-state index in [0.717, 1.165) is 38.6 Å². The summed E-state index contributed by atoms with van der Waals surface area (Å²) in [6.45, 7) is 0. The topological polar surface area (TPSA) is 52.5 Å². The molecule has 1 aromatic heterocycles. The molecule has 0 aliphatic heterocycles. The van der Waals surface area contributed by atoms with Crippen LogP contribution in [-0.2, 0) is 0 Å². The number of nitriles is 2. The molecule has 5 aromatic carbocycles. The predicted molar refractivity (Wildman–Crippen MR) is 141 cm³/mol. The molecule has 0 bridgehead atoms. The zero-order chi connectivity index (χ0) is 23.8. The number of hydrogen-bond donors (Lipinski definition) is 0. The Morgan fingerprint density at radius 2 is 1.14 bits per heavy atom. The molecule has 0 unspecified atom stereocenters. The molecule has 0 fully saturated rings. The third kappa shape index (κ3) is 3.35. The van der Waals surface area contributed by atoms with E-state index in [-0.39, 0.29) is 0 Å². The standard InChI is InChI=1S/C32H19N3/c33-20-25-10-7-11-26(21-34)32(25)24-14-16-28-29-18-23(22-8-3-1-4-9-22)15-17-30(29)35(31(28)19-24)27-12-5-2-6-13-27/h1-19H. The quantitative estimate of drug-likeness (QED) is 0.278. The highest BCUT2D eigenvalue weighted by atomic mass is 15.0. The molecule has 3 heteroatoms. The van der Waals surface area contributed by atoms with Gasteiger partial charge in [0.25, 0.3) is 0 Å². The van der Waals surface area contributed by atoms with Gasteiger partial charge in [-0.1, -0.05) is 72.8 Å². The summed E-state index contributed by atoms with van der Waals surface area (Å²) >= 11 is 0. The molecule has 0 saturated heterocycles. The lowest BCUT2D eigenvalue weighted by atomic mass is 9.94. The number of rotatable bonds is 3. The Hall–Kier alpha value is -5.12. The van der Waals surface area contributed by atoms with Crippen molar-refractivity contribution >= 4 is 21.8 Å². The molecule has 35 heavy (non-hydrogen) atoms. The minimum atomic E-state index is 0.497. The zero-order valence-electron chi connectivity index (χ0n) is 18.8. The summed E-state index contributed by atoms with van der Waals surface area (Å²) in [7, 11) is 0. The Balaban J connectivity index is 1.69. The van der Waals surface area contributed by atoms with Gasteiger partial charge in [-0.05, 0) is 59.2 Å². The Kier molecular flexibility index (Phi) is 4.88. The molecule has 0 spiro atoms. The van der Waals surface area contributed by atoms with Gasteiger partial charge in [0.1, 0.15) is 0 Å². The van der Waals surface area contributed by atoms with E-state index < -0.39 is 0 Å². The maximum absolute atomic E-state index is 9.73. The van der Waals surface area contributed by atoms with Gasteiger partial charge in [0.05, 0.1) is 34.3 Å². The number of benzene rings is 5. The normalized spacial score (nSPS) is 10.8. The second kappa shape index (κ2) is 8.34. The maximum atomic E-state index is 9.73. The number of nitrogens with zero attached hydrogens (tertiary/aromatic N) is 3. The summed E-state index contributed by atoms with van der Waals surface area (Å²) in [5.74, 6) is 0. The molecule has 0 N–H and O–H groups in total. The van der Waals surface area contributed by atoms with Gasteiger partial charge in [-0.25, -0.2) is 0 Å². The highest BCUT2D eigenvalue weighted by Gasteiger charge is 2.17. The van der Waals surface area contributed by atoms with Crippen LogP contribution in [0.15, 0.2) is 115 Å². The van der Waals surface area contributed by atoms with Crippen molar-refractivity contribution in [2.45, 2.75) is 0 Å². The number of aromatic nitrogens is 1. The van der Waals surface area contributed by atoms with Crippen molar-refractivity contribution in [2.75, 3.05) is 0 Å². The Morgan fingerprint density at radius 3 is 1.83 bits per heavy atom. The first-order valence-corrected chi connectivity index (χ1v) is 11.4. The van der Waals surface area contributed by atoms with Crippen molar-refractivity contribution in [1.82, 2.24) is 4.57 Å². The van der Waals surface area contributed by atoms with E-state index in [1.807, 2.05) is 30.3 Å². The summed E-state index contributed by atoms with van der Waals surface area (Å²) in [5.41, 5.74) is 8.07. The van der Waals surface area contributed by atoms with Crippen molar-refractivity contribution in [2.24, 2.45) is 0 Å². The predicted octanol–water partition coefficient (Wildman–Crippen LogP) is 7.86. The minimum Gasteiger partial charge on any atom is -0.309 e. The molecule has 6 rings (SSSR count). The van der Waals surface area contributed by atoms with Gasteiger partial charge in [0, 0.05) is 22.0 Å². The van der Waals surface area contributed by atoms with Crippen molar-refractivity contribution in [3.63, 3.8) is 0 Å². The van der Waals surface area contributed by atoms with Crippen LogP contribution in [0.2, 0.25) is 0 Å². The molecule has 0 radical (unpaired) electrons. The Bertz CT molecular complexity index is 1770. The van der Waals surface area contributed by atoms with Crippen molar-refractivity contribution < 1.29 is 0 Å². The molecule has 0 aliphatic carbocycles. The number of para-hydroxylation sites is 1. The first kappa shape index (κ1) is 20.5. The van der Waals surface area contributed by atoms with Crippen LogP contribution in [0.1, 0.15) is 11.1 Å². The largest absolute Gasteiger partial charge is 0.309 e. The van der Waals surface area contributed by atoms with Crippen LogP contribution in [0.5, 0.6) is 0 Å². The number of fused-ring (bicyclic) bond motifs is 3. The Labute approximate surface area is 203 Å². The van der Waals surface area contributed by atoms with Gasteiger partial charge in [-0.3, -0.25) is 0 Å². The fourth-order valence-electron chi connectivity index (χ4n) is 4.89. The molecule has 6 aromatic rings. The lowest BCUT2D eigenvalue weighted by Crippen LogP contribution is -1.94. The zero-order valence-corrected chi connectivity index (χ0v) is 18.8. The van der Waals surface area contributed by atoms with Gasteiger partial charge in [0.15, 0.2) is 0 Å². The summed E-state index contributed by atoms with van der Waals surface area (Å²) in [6.07, 6.45) is 0. The minimum absolute atomic E-state index is 0.497. The molecule has 0 aliphatic rings. The van der Waals surface area contributed by atoms with E-state index in [0.29, 0.717) is 16.7 Å². The lowest BCUT2D eigenvalue weighted by molar-refractivity contribution is 1.18. The molecule has 0 atom stereocenters. The van der Waals surface area contributed by atoms with Gasteiger partial charge in [-0.15, -0.1) is 0 Å². The third-order valence-electron chi connectivity index (χ3n) is 6.48. The van der Waals surface area contributed by atoms with E-state index >= 15 is 0 Å². The van der Waals surface area contributed by atoms with E-state index in [1.54, 1.807) is 18.2 Å². The molecule has 0 saturated carbocycles. The average Bonchev–Trinajstić information content (AvgIpc) is 3.26. The van der Waals surface area contributed by atoms with Crippen LogP contribution >= 0.6 is 0 Å². The number of hydrogen-bond acceptors (Lipinski definition) is 2. The third-order valence-corrected chi connectivity index (χ3v) is 6.48. The molecular formula is C32H19N3. The van der Waals surface area contributed by atoms with Crippen LogP contribution in [0.25, 0.3) is 49.7 Å². The smallest absolute Gasteiger partial charge is 0.0998 e. The molecular weight excluding hydrogens is 426 g/mol. The van der Waals surface area contributed by atoms with Gasteiger partial charge >= 0.3 is 0 Å². The highest BCUT2D eigenvalue weighted by molar-refractivity contribution is 6.11. The summed E-state index contributed by atoms with van der Waals surface area (Å²) < 4.78 is 2.25. The van der Waals surface area contributed by atoms with Crippen molar-refractivity contribution in [3.05, 3.63) is 126 Å². The molecule has 1 heterocycles. The van der Waals surface area contributed by atoms with Crippen molar-refractivity contribution in [3.8, 4) is 40.1 Å². The summed E-state index contributed by atoms with van der Waals surface area (Å²) in [5, 5.41) is 21.7. The van der Waals surface area contributed by atoms with Crippen molar-refractivity contribution in [1.29, 1.82) is 10.5 Å². The summed E-state index contributed by atoms with van der Waals surface area (Å²) in [4.78, 5) is 0. The van der Waals surface area contributed by atoms with E-state index in [1.165, 1.54) is 5.56 Å². The molecule has 162 valence electrons. The van der Waals surface area contributed by atoms with E-state index in [2.05, 4.69) is 83.4 Å². The second-order valence-corrected chi connectivity index (χ2v) is 8.45. The lowest BCUT2D eigenvalue weighted by Gasteiger charge is -2.10. The van der Waals surface area contributed by atoms with Gasteiger partial charge in [-0.2, -0.15) is 10.5 Å². The van der Waals surface area contributed by atoms with Crippen LogP contribution in [0, 0.1) is 22.7 Å². The van der Waals surface area contributed by atoms with Gasteiger partial charge in [0.2, 0.25) is 0 Å². The van der Waals surface area contributed by atoms with Gasteiger partial charge < -0.3 is 4.57 Å². The molecule has 0 amide bonds. The monoisotopic (exact) mass is 445 g/mol. The fraction of sp³-hybridized carbons (Fsp3) is 0.